The van der Waals surface area contributed by atoms with Crippen molar-refractivity contribution < 1.29 is 0 Å². The van der Waals surface area contributed by atoms with Crippen LogP contribution in [-0.4, -0.2) is 43.1 Å². The SMILES string of the molecule is Cc1cnc(C2=NCC(c3ccc4c(c3)nnn4C(C)C)=N2)cn1. The van der Waals surface area contributed by atoms with Crippen molar-refractivity contribution >= 4 is 22.6 Å². The molecular weight excluding hydrogens is 302 g/mol. The summed E-state index contributed by atoms with van der Waals surface area (Å²) < 4.78 is 1.92. The van der Waals surface area contributed by atoms with Crippen molar-refractivity contribution in [2.75, 3.05) is 6.54 Å². The number of benzene rings is 1. The molecule has 24 heavy (non-hydrogen) atoms. The summed E-state index contributed by atoms with van der Waals surface area (Å²) in [5.41, 5.74) is 5.39. The molecule has 7 heteroatoms. The van der Waals surface area contributed by atoms with Gasteiger partial charge in [-0.25, -0.2) is 14.7 Å². The Hall–Kier alpha value is -2.96. The molecule has 2 aromatic heterocycles. The van der Waals surface area contributed by atoms with Crippen LogP contribution < -0.4 is 0 Å². The zero-order chi connectivity index (χ0) is 16.7. The van der Waals surface area contributed by atoms with Gasteiger partial charge in [-0.15, -0.1) is 5.10 Å². The van der Waals surface area contributed by atoms with Crippen molar-refractivity contribution in [3.8, 4) is 0 Å². The number of fused-ring (bicyclic) bond motifs is 1. The van der Waals surface area contributed by atoms with Crippen LogP contribution in [0.3, 0.4) is 0 Å². The van der Waals surface area contributed by atoms with E-state index in [1.807, 2.05) is 29.8 Å². The fourth-order valence-electron chi connectivity index (χ4n) is 2.65. The summed E-state index contributed by atoms with van der Waals surface area (Å²) in [6.07, 6.45) is 3.43. The first-order chi connectivity index (χ1) is 11.6. The minimum atomic E-state index is 0.278. The molecule has 0 saturated carbocycles. The Morgan fingerprint density at radius 2 is 2.00 bits per heavy atom. The summed E-state index contributed by atoms with van der Waals surface area (Å²) in [7, 11) is 0. The van der Waals surface area contributed by atoms with E-state index in [0.717, 1.165) is 28.0 Å². The average molecular weight is 319 g/mol. The lowest BCUT2D eigenvalue weighted by Gasteiger charge is -2.05. The Morgan fingerprint density at radius 3 is 2.75 bits per heavy atom. The molecule has 0 unspecified atom stereocenters. The van der Waals surface area contributed by atoms with Crippen LogP contribution in [0.5, 0.6) is 0 Å². The molecule has 1 aromatic carbocycles. The van der Waals surface area contributed by atoms with Crippen molar-refractivity contribution in [1.82, 2.24) is 25.0 Å². The normalized spacial score (nSPS) is 14.3. The van der Waals surface area contributed by atoms with Gasteiger partial charge in [0.25, 0.3) is 0 Å². The number of aryl methyl sites for hydroxylation is 1. The third-order valence-corrected chi connectivity index (χ3v) is 3.92. The third-order valence-electron chi connectivity index (χ3n) is 3.92. The van der Waals surface area contributed by atoms with Crippen LogP contribution in [0.15, 0.2) is 40.6 Å². The van der Waals surface area contributed by atoms with Gasteiger partial charge in [0.05, 0.1) is 29.7 Å². The maximum absolute atomic E-state index is 4.62. The van der Waals surface area contributed by atoms with E-state index in [1.54, 1.807) is 12.4 Å². The van der Waals surface area contributed by atoms with Gasteiger partial charge in [-0.05, 0) is 32.9 Å². The zero-order valence-corrected chi connectivity index (χ0v) is 13.8. The molecule has 0 atom stereocenters. The van der Waals surface area contributed by atoms with Gasteiger partial charge in [0.15, 0.2) is 5.84 Å². The lowest BCUT2D eigenvalue weighted by Crippen LogP contribution is -2.04. The number of hydrogen-bond donors (Lipinski definition) is 0. The predicted molar refractivity (Wildman–Crippen MR) is 92.6 cm³/mol. The first-order valence-corrected chi connectivity index (χ1v) is 7.88. The molecule has 1 aliphatic heterocycles. The van der Waals surface area contributed by atoms with E-state index in [4.69, 9.17) is 0 Å². The van der Waals surface area contributed by atoms with Gasteiger partial charge < -0.3 is 0 Å². The molecule has 4 rings (SSSR count). The summed E-state index contributed by atoms with van der Waals surface area (Å²) in [4.78, 5) is 17.7. The molecule has 0 amide bonds. The summed E-state index contributed by atoms with van der Waals surface area (Å²) >= 11 is 0. The highest BCUT2D eigenvalue weighted by atomic mass is 15.4. The monoisotopic (exact) mass is 319 g/mol. The molecule has 0 N–H and O–H groups in total. The number of nitrogens with zero attached hydrogens (tertiary/aromatic N) is 7. The van der Waals surface area contributed by atoms with Gasteiger partial charge in [0.2, 0.25) is 0 Å². The largest absolute Gasteiger partial charge is 0.258 e. The summed E-state index contributed by atoms with van der Waals surface area (Å²) in [6, 6.07) is 6.37. The lowest BCUT2D eigenvalue weighted by atomic mass is 10.1. The van der Waals surface area contributed by atoms with Crippen LogP contribution in [0.2, 0.25) is 0 Å². The van der Waals surface area contributed by atoms with E-state index in [1.165, 1.54) is 0 Å². The third kappa shape index (κ3) is 2.47. The zero-order valence-electron chi connectivity index (χ0n) is 13.8. The number of amidine groups is 1. The standard InChI is InChI=1S/C17H17N7/c1-10(2)24-16-5-4-12(6-13(16)22-23-24)14-8-20-17(21-14)15-9-18-11(3)7-19-15/h4-7,9-10H,8H2,1-3H3. The summed E-state index contributed by atoms with van der Waals surface area (Å²) in [5, 5.41) is 8.47. The van der Waals surface area contributed by atoms with Crippen LogP contribution in [0.1, 0.15) is 36.8 Å². The van der Waals surface area contributed by atoms with Gasteiger partial charge in [0.1, 0.15) is 11.2 Å². The van der Waals surface area contributed by atoms with Gasteiger partial charge in [-0.1, -0.05) is 11.3 Å². The second-order valence-electron chi connectivity index (χ2n) is 6.07. The molecule has 1 aliphatic rings. The van der Waals surface area contributed by atoms with Crippen molar-refractivity contribution in [1.29, 1.82) is 0 Å². The maximum atomic E-state index is 4.62. The van der Waals surface area contributed by atoms with Crippen LogP contribution in [0.25, 0.3) is 11.0 Å². The van der Waals surface area contributed by atoms with Gasteiger partial charge in [-0.3, -0.25) is 9.98 Å². The second kappa shape index (κ2) is 5.59. The number of hydrogen-bond acceptors (Lipinski definition) is 6. The van der Waals surface area contributed by atoms with Gasteiger partial charge >= 0.3 is 0 Å². The van der Waals surface area contributed by atoms with E-state index < -0.39 is 0 Å². The van der Waals surface area contributed by atoms with Crippen LogP contribution >= 0.6 is 0 Å². The van der Waals surface area contributed by atoms with E-state index >= 15 is 0 Å². The molecule has 0 radical (unpaired) electrons. The Kier molecular flexibility index (Phi) is 3.41. The molecule has 0 spiro atoms. The Morgan fingerprint density at radius 1 is 1.12 bits per heavy atom. The fraction of sp³-hybridized carbons (Fsp3) is 0.294. The van der Waals surface area contributed by atoms with E-state index in [-0.39, 0.29) is 6.04 Å². The molecular formula is C17H17N7. The molecule has 0 aliphatic carbocycles. The summed E-state index contributed by atoms with van der Waals surface area (Å²) in [6.45, 7) is 6.62. The molecule has 3 aromatic rings. The minimum absolute atomic E-state index is 0.278. The molecule has 120 valence electrons. The number of aliphatic imine (C=N–C) groups is 2. The highest BCUT2D eigenvalue weighted by molar-refractivity contribution is 6.17. The van der Waals surface area contributed by atoms with Crippen LogP contribution in [0.4, 0.5) is 0 Å². The molecule has 0 fully saturated rings. The van der Waals surface area contributed by atoms with Crippen LogP contribution in [0, 0.1) is 6.92 Å². The van der Waals surface area contributed by atoms with Crippen molar-refractivity contribution in [3.63, 3.8) is 0 Å². The number of aromatic nitrogens is 5. The van der Waals surface area contributed by atoms with Crippen molar-refractivity contribution in [3.05, 3.63) is 47.5 Å². The smallest absolute Gasteiger partial charge is 0.175 e. The highest BCUT2D eigenvalue weighted by Crippen LogP contribution is 2.19. The quantitative estimate of drug-likeness (QED) is 0.742. The van der Waals surface area contributed by atoms with Crippen molar-refractivity contribution in [2.45, 2.75) is 26.8 Å². The van der Waals surface area contributed by atoms with E-state index in [0.29, 0.717) is 18.1 Å². The minimum Gasteiger partial charge on any atom is -0.258 e. The Balaban J connectivity index is 1.66. The first kappa shape index (κ1) is 14.6. The topological polar surface area (TPSA) is 81.2 Å². The fourth-order valence-corrected chi connectivity index (χ4v) is 2.65. The second-order valence-corrected chi connectivity index (χ2v) is 6.07. The molecule has 0 saturated heterocycles. The first-order valence-electron chi connectivity index (χ1n) is 7.88. The molecule has 0 bridgehead atoms. The van der Waals surface area contributed by atoms with Crippen LogP contribution in [-0.2, 0) is 0 Å². The van der Waals surface area contributed by atoms with E-state index in [2.05, 4.69) is 44.1 Å². The summed E-state index contributed by atoms with van der Waals surface area (Å²) in [5.74, 6) is 0.628. The maximum Gasteiger partial charge on any atom is 0.175 e. The highest BCUT2D eigenvalue weighted by Gasteiger charge is 2.16. The average Bonchev–Trinajstić information content (AvgIpc) is 3.22. The molecule has 7 nitrogen and oxygen atoms in total. The Bertz CT molecular complexity index is 964. The molecule has 3 heterocycles. The van der Waals surface area contributed by atoms with Gasteiger partial charge in [0, 0.05) is 17.8 Å². The lowest BCUT2D eigenvalue weighted by molar-refractivity contribution is 0.530. The Labute approximate surface area is 139 Å². The predicted octanol–water partition coefficient (Wildman–Crippen LogP) is 2.36. The van der Waals surface area contributed by atoms with Gasteiger partial charge in [-0.2, -0.15) is 0 Å². The van der Waals surface area contributed by atoms with Crippen molar-refractivity contribution in [2.24, 2.45) is 9.98 Å². The van der Waals surface area contributed by atoms with E-state index in [9.17, 15) is 0 Å². The number of rotatable bonds is 3.